The van der Waals surface area contributed by atoms with Crippen molar-refractivity contribution in [2.75, 3.05) is 12.4 Å². The van der Waals surface area contributed by atoms with E-state index in [9.17, 15) is 14.4 Å². The molecule has 6 nitrogen and oxygen atoms in total. The number of amides is 3. The highest BCUT2D eigenvalue weighted by Crippen LogP contribution is 2.18. The van der Waals surface area contributed by atoms with E-state index in [1.54, 1.807) is 13.8 Å². The molecule has 1 fully saturated rings. The molecule has 0 aliphatic heterocycles. The minimum Gasteiger partial charge on any atom is -0.465 e. The molecular weight excluding hydrogens is 256 g/mol. The number of thioether (sulfide) groups is 1. The van der Waals surface area contributed by atoms with Gasteiger partial charge in [0.15, 0.2) is 0 Å². The molecule has 102 valence electrons. The lowest BCUT2D eigenvalue weighted by molar-refractivity contribution is -0.139. The first-order valence-corrected chi connectivity index (χ1v) is 6.96. The maximum atomic E-state index is 11.6. The van der Waals surface area contributed by atoms with Crippen molar-refractivity contribution in [2.45, 2.75) is 38.0 Å². The second-order valence-corrected chi connectivity index (χ2v) is 5.32. The third-order valence-electron chi connectivity index (χ3n) is 2.28. The molecule has 3 amide bonds. The Morgan fingerprint density at radius 1 is 1.39 bits per heavy atom. The fourth-order valence-corrected chi connectivity index (χ4v) is 1.81. The molecule has 0 aromatic carbocycles. The van der Waals surface area contributed by atoms with Crippen LogP contribution >= 0.6 is 11.8 Å². The Bertz CT molecular complexity index is 331. The smallest absolute Gasteiger partial charge is 0.321 e. The van der Waals surface area contributed by atoms with E-state index < -0.39 is 17.2 Å². The van der Waals surface area contributed by atoms with Gasteiger partial charge in [-0.2, -0.15) is 0 Å². The van der Waals surface area contributed by atoms with E-state index in [2.05, 4.69) is 10.6 Å². The molecule has 1 rings (SSSR count). The van der Waals surface area contributed by atoms with Gasteiger partial charge in [0, 0.05) is 6.04 Å². The highest BCUT2D eigenvalue weighted by molar-refractivity contribution is 8.01. The molecule has 0 saturated heterocycles. The molecule has 2 N–H and O–H groups in total. The number of urea groups is 1. The Labute approximate surface area is 110 Å². The van der Waals surface area contributed by atoms with Gasteiger partial charge in [-0.15, -0.1) is 11.8 Å². The number of rotatable bonds is 6. The van der Waals surface area contributed by atoms with Crippen molar-refractivity contribution in [1.82, 2.24) is 10.6 Å². The number of carbonyl (C=O) groups is 3. The van der Waals surface area contributed by atoms with E-state index in [1.807, 2.05) is 0 Å². The van der Waals surface area contributed by atoms with Gasteiger partial charge in [0.05, 0.1) is 17.6 Å². The first-order chi connectivity index (χ1) is 8.52. The first kappa shape index (κ1) is 14.8. The van der Waals surface area contributed by atoms with Crippen LogP contribution in [0.2, 0.25) is 0 Å². The average Bonchev–Trinajstić information content (AvgIpc) is 3.09. The SMILES string of the molecule is CCOC(=O)CSC(C)C(=O)NC(=O)NC1CC1. The van der Waals surface area contributed by atoms with Gasteiger partial charge in [-0.1, -0.05) is 0 Å². The Hall–Kier alpha value is -1.24. The Balaban J connectivity index is 2.18. The molecule has 0 radical (unpaired) electrons. The Kier molecular flexibility index (Phi) is 5.97. The molecule has 0 spiro atoms. The molecule has 0 aromatic rings. The molecule has 0 bridgehead atoms. The lowest BCUT2D eigenvalue weighted by Crippen LogP contribution is -2.43. The quantitative estimate of drug-likeness (QED) is 0.695. The third-order valence-corrected chi connectivity index (χ3v) is 3.39. The van der Waals surface area contributed by atoms with Gasteiger partial charge >= 0.3 is 12.0 Å². The van der Waals surface area contributed by atoms with Gasteiger partial charge in [0.1, 0.15) is 0 Å². The van der Waals surface area contributed by atoms with Crippen molar-refractivity contribution in [3.63, 3.8) is 0 Å². The molecule has 1 aliphatic rings. The minimum atomic E-state index is -0.473. The number of imide groups is 1. The summed E-state index contributed by atoms with van der Waals surface area (Å²) in [5.41, 5.74) is 0. The first-order valence-electron chi connectivity index (χ1n) is 5.91. The fraction of sp³-hybridized carbons (Fsp3) is 0.727. The lowest BCUT2D eigenvalue weighted by Gasteiger charge is -2.11. The van der Waals surface area contributed by atoms with Gasteiger partial charge in [-0.05, 0) is 26.7 Å². The average molecular weight is 274 g/mol. The van der Waals surface area contributed by atoms with Crippen molar-refractivity contribution in [3.8, 4) is 0 Å². The summed E-state index contributed by atoms with van der Waals surface area (Å²) in [6, 6.07) is -0.258. The number of esters is 1. The molecular formula is C11H18N2O4S. The van der Waals surface area contributed by atoms with Crippen molar-refractivity contribution in [2.24, 2.45) is 0 Å². The number of ether oxygens (including phenoxy) is 1. The van der Waals surface area contributed by atoms with E-state index in [-0.39, 0.29) is 17.8 Å². The monoisotopic (exact) mass is 274 g/mol. The van der Waals surface area contributed by atoms with E-state index in [1.165, 1.54) is 0 Å². The van der Waals surface area contributed by atoms with E-state index >= 15 is 0 Å². The summed E-state index contributed by atoms with van der Waals surface area (Å²) >= 11 is 1.14. The number of carbonyl (C=O) groups excluding carboxylic acids is 3. The fourth-order valence-electron chi connectivity index (χ4n) is 1.13. The van der Waals surface area contributed by atoms with Crippen LogP contribution in [-0.2, 0) is 14.3 Å². The second-order valence-electron chi connectivity index (χ2n) is 4.00. The van der Waals surface area contributed by atoms with Crippen molar-refractivity contribution in [3.05, 3.63) is 0 Å². The number of nitrogens with one attached hydrogen (secondary N) is 2. The van der Waals surface area contributed by atoms with Gasteiger partial charge in [-0.25, -0.2) is 4.79 Å². The zero-order chi connectivity index (χ0) is 13.5. The van der Waals surface area contributed by atoms with Crippen LogP contribution in [0, 0.1) is 0 Å². The zero-order valence-corrected chi connectivity index (χ0v) is 11.3. The molecule has 18 heavy (non-hydrogen) atoms. The Morgan fingerprint density at radius 2 is 2.06 bits per heavy atom. The highest BCUT2D eigenvalue weighted by atomic mass is 32.2. The molecule has 1 aliphatic carbocycles. The molecule has 1 saturated carbocycles. The standard InChI is InChI=1S/C11H18N2O4S/c1-3-17-9(14)6-18-7(2)10(15)13-11(16)12-8-4-5-8/h7-8H,3-6H2,1-2H3,(H2,12,13,15,16). The van der Waals surface area contributed by atoms with Crippen LogP contribution in [0.1, 0.15) is 26.7 Å². The van der Waals surface area contributed by atoms with Crippen molar-refractivity contribution >= 4 is 29.7 Å². The van der Waals surface area contributed by atoms with Crippen LogP contribution in [0.25, 0.3) is 0 Å². The lowest BCUT2D eigenvalue weighted by atomic mass is 10.4. The molecule has 0 aromatic heterocycles. The van der Waals surface area contributed by atoms with Gasteiger partial charge in [0.2, 0.25) is 5.91 Å². The van der Waals surface area contributed by atoms with Crippen LogP contribution in [0.3, 0.4) is 0 Å². The summed E-state index contributed by atoms with van der Waals surface area (Å²) < 4.78 is 4.74. The van der Waals surface area contributed by atoms with Crippen molar-refractivity contribution in [1.29, 1.82) is 0 Å². The molecule has 1 unspecified atom stereocenters. The molecule has 7 heteroatoms. The van der Waals surface area contributed by atoms with E-state index in [0.29, 0.717) is 6.61 Å². The summed E-state index contributed by atoms with van der Waals surface area (Å²) in [5, 5.41) is 4.43. The summed E-state index contributed by atoms with van der Waals surface area (Å²) in [5.74, 6) is -0.654. The predicted octanol–water partition coefficient (Wildman–Crippen LogP) is 0.659. The maximum absolute atomic E-state index is 11.6. The van der Waals surface area contributed by atoms with Gasteiger partial charge < -0.3 is 10.1 Å². The zero-order valence-electron chi connectivity index (χ0n) is 10.5. The second kappa shape index (κ2) is 7.25. The molecule has 0 heterocycles. The van der Waals surface area contributed by atoms with Crippen LogP contribution in [0.4, 0.5) is 4.79 Å². The topological polar surface area (TPSA) is 84.5 Å². The summed E-state index contributed by atoms with van der Waals surface area (Å²) in [6.07, 6.45) is 1.93. The summed E-state index contributed by atoms with van der Waals surface area (Å²) in [6.45, 7) is 3.69. The van der Waals surface area contributed by atoms with Crippen LogP contribution < -0.4 is 10.6 Å². The minimum absolute atomic E-state index is 0.104. The van der Waals surface area contributed by atoms with Crippen LogP contribution in [-0.4, -0.2) is 41.6 Å². The van der Waals surface area contributed by atoms with Crippen LogP contribution in [0.15, 0.2) is 0 Å². The molecule has 1 atom stereocenters. The summed E-state index contributed by atoms with van der Waals surface area (Å²) in [7, 11) is 0. The normalized spacial score (nSPS) is 15.7. The third kappa shape index (κ3) is 5.90. The largest absolute Gasteiger partial charge is 0.465 e. The number of hydrogen-bond donors (Lipinski definition) is 2. The predicted molar refractivity (Wildman–Crippen MR) is 68.2 cm³/mol. The van der Waals surface area contributed by atoms with Gasteiger partial charge in [0.25, 0.3) is 0 Å². The summed E-state index contributed by atoms with van der Waals surface area (Å²) in [4.78, 5) is 34.0. The van der Waals surface area contributed by atoms with Crippen LogP contribution in [0.5, 0.6) is 0 Å². The van der Waals surface area contributed by atoms with Crippen molar-refractivity contribution < 1.29 is 19.1 Å². The van der Waals surface area contributed by atoms with Gasteiger partial charge in [-0.3, -0.25) is 14.9 Å². The van der Waals surface area contributed by atoms with E-state index in [4.69, 9.17) is 4.74 Å². The number of hydrogen-bond acceptors (Lipinski definition) is 5. The highest BCUT2D eigenvalue weighted by Gasteiger charge is 2.25. The van der Waals surface area contributed by atoms with E-state index in [0.717, 1.165) is 24.6 Å². The Morgan fingerprint density at radius 3 is 2.61 bits per heavy atom. The maximum Gasteiger partial charge on any atom is 0.321 e.